The van der Waals surface area contributed by atoms with Gasteiger partial charge in [-0.2, -0.15) is 0 Å². The molecule has 1 aromatic carbocycles. The summed E-state index contributed by atoms with van der Waals surface area (Å²) in [6.45, 7) is 0.427. The molecule has 1 amide bonds. The maximum Gasteiger partial charge on any atom is 0.252 e. The normalized spacial score (nSPS) is 15.7. The minimum Gasteiger partial charge on any atom is -0.350 e. The quantitative estimate of drug-likeness (QED) is 0.620. The van der Waals surface area contributed by atoms with Crippen LogP contribution in [0.1, 0.15) is 34.1 Å². The lowest BCUT2D eigenvalue weighted by molar-refractivity contribution is 0.0941. The summed E-state index contributed by atoms with van der Waals surface area (Å²) in [5.41, 5.74) is 0.303. The van der Waals surface area contributed by atoms with E-state index < -0.39 is 10.0 Å². The van der Waals surface area contributed by atoms with Crippen molar-refractivity contribution in [3.05, 3.63) is 50.6 Å². The third kappa shape index (κ3) is 5.17. The average molecular weight is 472 g/mol. The molecule has 2 N–H and O–H groups in total. The van der Waals surface area contributed by atoms with E-state index in [1.54, 1.807) is 17.4 Å². The molecule has 1 aromatic heterocycles. The summed E-state index contributed by atoms with van der Waals surface area (Å²) < 4.78 is 28.0. The molecule has 1 unspecified atom stereocenters. The van der Waals surface area contributed by atoms with Crippen molar-refractivity contribution in [3.8, 4) is 0 Å². The number of carbonyl (C=O) groups is 1. The minimum atomic E-state index is -3.61. The van der Waals surface area contributed by atoms with E-state index in [4.69, 9.17) is 0 Å². The summed E-state index contributed by atoms with van der Waals surface area (Å²) in [7, 11) is 0.316. The standard InChI is InChI=1S/C18H22BrN3O3S2/c1-22(2)16(17-4-3-9-26-17)11-20-18(23)14-10-13(7-8-15(14)19)27(24,25)21-12-5-6-12/h3-4,7-10,12,16,21H,5-6,11H2,1-2H3,(H,20,23). The predicted octanol–water partition coefficient (Wildman–Crippen LogP) is 2.98. The number of likely N-dealkylation sites (N-methyl/N-ethyl adjacent to an activating group) is 1. The zero-order valence-corrected chi connectivity index (χ0v) is 18.3. The molecule has 0 aliphatic heterocycles. The summed E-state index contributed by atoms with van der Waals surface area (Å²) in [5, 5.41) is 4.93. The van der Waals surface area contributed by atoms with E-state index in [2.05, 4.69) is 26.0 Å². The number of thiophene rings is 1. The van der Waals surface area contributed by atoms with Crippen LogP contribution in [0.15, 0.2) is 45.1 Å². The van der Waals surface area contributed by atoms with E-state index >= 15 is 0 Å². The Kier molecular flexibility index (Phi) is 6.37. The van der Waals surface area contributed by atoms with E-state index in [0.717, 1.165) is 17.7 Å². The van der Waals surface area contributed by atoms with Crippen molar-refractivity contribution >= 4 is 43.2 Å². The number of hydrogen-bond acceptors (Lipinski definition) is 5. The highest BCUT2D eigenvalue weighted by atomic mass is 79.9. The van der Waals surface area contributed by atoms with Gasteiger partial charge in [0.15, 0.2) is 0 Å². The molecule has 9 heteroatoms. The molecule has 0 radical (unpaired) electrons. The van der Waals surface area contributed by atoms with Gasteiger partial charge < -0.3 is 10.2 Å². The molecule has 0 spiro atoms. The fourth-order valence-electron chi connectivity index (χ4n) is 2.64. The first-order valence-electron chi connectivity index (χ1n) is 8.58. The molecule has 1 aliphatic carbocycles. The molecule has 0 saturated heterocycles. The number of nitrogens with one attached hydrogen (secondary N) is 2. The first-order valence-corrected chi connectivity index (χ1v) is 11.7. The van der Waals surface area contributed by atoms with E-state index in [1.807, 2.05) is 36.5 Å². The van der Waals surface area contributed by atoms with Crippen molar-refractivity contribution in [2.75, 3.05) is 20.6 Å². The Balaban J connectivity index is 1.75. The van der Waals surface area contributed by atoms with Crippen LogP contribution in [0, 0.1) is 0 Å². The number of benzene rings is 1. The van der Waals surface area contributed by atoms with Crippen LogP contribution in [0.5, 0.6) is 0 Å². The van der Waals surface area contributed by atoms with Gasteiger partial charge in [0.2, 0.25) is 10.0 Å². The van der Waals surface area contributed by atoms with Crippen LogP contribution < -0.4 is 10.0 Å². The van der Waals surface area contributed by atoms with Crippen LogP contribution in [-0.4, -0.2) is 45.9 Å². The first kappa shape index (κ1) is 20.5. The van der Waals surface area contributed by atoms with Gasteiger partial charge >= 0.3 is 0 Å². The number of nitrogens with zero attached hydrogens (tertiary/aromatic N) is 1. The third-order valence-corrected chi connectivity index (χ3v) is 7.53. The number of rotatable bonds is 8. The first-order chi connectivity index (χ1) is 12.8. The lowest BCUT2D eigenvalue weighted by Crippen LogP contribution is -2.34. The fourth-order valence-corrected chi connectivity index (χ4v) is 5.32. The van der Waals surface area contributed by atoms with Crippen molar-refractivity contribution in [1.82, 2.24) is 14.9 Å². The molecular weight excluding hydrogens is 450 g/mol. The Morgan fingerprint density at radius 2 is 2.07 bits per heavy atom. The van der Waals surface area contributed by atoms with Gasteiger partial charge in [0.25, 0.3) is 5.91 Å². The van der Waals surface area contributed by atoms with Gasteiger partial charge in [-0.15, -0.1) is 11.3 Å². The van der Waals surface area contributed by atoms with Gasteiger partial charge in [-0.25, -0.2) is 13.1 Å². The monoisotopic (exact) mass is 471 g/mol. The zero-order valence-electron chi connectivity index (χ0n) is 15.1. The summed E-state index contributed by atoms with van der Waals surface area (Å²) in [4.78, 5) is 16.0. The highest BCUT2D eigenvalue weighted by Crippen LogP contribution is 2.26. The summed E-state index contributed by atoms with van der Waals surface area (Å²) in [6.07, 6.45) is 1.72. The molecule has 1 aliphatic rings. The lowest BCUT2D eigenvalue weighted by atomic mass is 10.2. The molecule has 6 nitrogen and oxygen atoms in total. The van der Waals surface area contributed by atoms with E-state index in [1.165, 1.54) is 12.1 Å². The van der Waals surface area contributed by atoms with Crippen molar-refractivity contribution in [1.29, 1.82) is 0 Å². The third-order valence-electron chi connectivity index (χ3n) is 4.34. The Morgan fingerprint density at radius 3 is 2.67 bits per heavy atom. The summed E-state index contributed by atoms with van der Waals surface area (Å²) in [6, 6.07) is 8.60. The smallest absolute Gasteiger partial charge is 0.252 e. The molecule has 3 rings (SSSR count). The topological polar surface area (TPSA) is 78.5 Å². The largest absolute Gasteiger partial charge is 0.350 e. The second-order valence-electron chi connectivity index (χ2n) is 6.74. The number of amides is 1. The lowest BCUT2D eigenvalue weighted by Gasteiger charge is -2.23. The molecule has 0 bridgehead atoms. The number of halogens is 1. The van der Waals surface area contributed by atoms with Crippen LogP contribution >= 0.6 is 27.3 Å². The highest BCUT2D eigenvalue weighted by Gasteiger charge is 2.28. The molecular formula is C18H22BrN3O3S2. The number of hydrogen-bond donors (Lipinski definition) is 2. The van der Waals surface area contributed by atoms with Gasteiger partial charge in [0.05, 0.1) is 16.5 Å². The SMILES string of the molecule is CN(C)C(CNC(=O)c1cc(S(=O)(=O)NC2CC2)ccc1Br)c1cccs1. The van der Waals surface area contributed by atoms with Crippen molar-refractivity contribution in [3.63, 3.8) is 0 Å². The molecule has 1 heterocycles. The number of sulfonamides is 1. The average Bonchev–Trinajstić information content (AvgIpc) is 3.24. The van der Waals surface area contributed by atoms with Gasteiger partial charge in [-0.1, -0.05) is 6.07 Å². The Hall–Kier alpha value is -1.26. The van der Waals surface area contributed by atoms with Crippen LogP contribution in [0.25, 0.3) is 0 Å². The van der Waals surface area contributed by atoms with Crippen molar-refractivity contribution in [2.24, 2.45) is 0 Å². The maximum atomic E-state index is 12.7. The molecule has 1 fully saturated rings. The molecule has 1 atom stereocenters. The Labute approximate surface area is 172 Å². The van der Waals surface area contributed by atoms with Gasteiger partial charge in [-0.05, 0) is 72.5 Å². The van der Waals surface area contributed by atoms with Crippen molar-refractivity contribution < 1.29 is 13.2 Å². The summed E-state index contributed by atoms with van der Waals surface area (Å²) in [5.74, 6) is -0.311. The van der Waals surface area contributed by atoms with E-state index in [-0.39, 0.29) is 22.9 Å². The second-order valence-corrected chi connectivity index (χ2v) is 10.3. The number of carbonyl (C=O) groups excluding carboxylic acids is 1. The van der Waals surface area contributed by atoms with Crippen LogP contribution in [0.2, 0.25) is 0 Å². The van der Waals surface area contributed by atoms with Crippen LogP contribution in [0.4, 0.5) is 0 Å². The molecule has 146 valence electrons. The van der Waals surface area contributed by atoms with Gasteiger partial charge in [0.1, 0.15) is 0 Å². The zero-order chi connectivity index (χ0) is 19.6. The van der Waals surface area contributed by atoms with Gasteiger partial charge in [-0.3, -0.25) is 4.79 Å². The predicted molar refractivity (Wildman–Crippen MR) is 111 cm³/mol. The Morgan fingerprint density at radius 1 is 1.33 bits per heavy atom. The molecule has 2 aromatic rings. The van der Waals surface area contributed by atoms with Crippen LogP contribution in [0.3, 0.4) is 0 Å². The second kappa shape index (κ2) is 8.40. The van der Waals surface area contributed by atoms with E-state index in [9.17, 15) is 13.2 Å². The van der Waals surface area contributed by atoms with Gasteiger partial charge in [0, 0.05) is 21.9 Å². The van der Waals surface area contributed by atoms with Crippen molar-refractivity contribution in [2.45, 2.75) is 29.8 Å². The minimum absolute atomic E-state index is 0.0163. The summed E-state index contributed by atoms with van der Waals surface area (Å²) >= 11 is 4.99. The molecule has 1 saturated carbocycles. The van der Waals surface area contributed by atoms with Crippen LogP contribution in [-0.2, 0) is 10.0 Å². The van der Waals surface area contributed by atoms with E-state index in [0.29, 0.717) is 16.6 Å². The molecule has 27 heavy (non-hydrogen) atoms. The highest BCUT2D eigenvalue weighted by molar-refractivity contribution is 9.10. The maximum absolute atomic E-state index is 12.7. The fraction of sp³-hybridized carbons (Fsp3) is 0.389. The Bertz CT molecular complexity index is 910.